The van der Waals surface area contributed by atoms with Crippen LogP contribution in [-0.2, 0) is 9.53 Å². The van der Waals surface area contributed by atoms with Crippen molar-refractivity contribution in [1.82, 2.24) is 0 Å². The molecule has 1 aliphatic rings. The smallest absolute Gasteiger partial charge is 0.325 e. The Morgan fingerprint density at radius 1 is 1.15 bits per heavy atom. The van der Waals surface area contributed by atoms with E-state index in [0.717, 1.165) is 22.5 Å². The van der Waals surface area contributed by atoms with Crippen LogP contribution >= 0.6 is 0 Å². The molecule has 2 N–H and O–H groups in total. The van der Waals surface area contributed by atoms with Gasteiger partial charge in [0.25, 0.3) is 0 Å². The van der Waals surface area contributed by atoms with Gasteiger partial charge in [0.15, 0.2) is 6.29 Å². The van der Waals surface area contributed by atoms with E-state index in [1.165, 1.54) is 17.7 Å². The molecule has 1 heterocycles. The molecule has 1 aliphatic heterocycles. The van der Waals surface area contributed by atoms with Crippen LogP contribution in [0.25, 0.3) is 0 Å². The Kier molecular flexibility index (Phi) is 4.87. The number of nitrogens with zero attached hydrogens (tertiary/aromatic N) is 2. The quantitative estimate of drug-likeness (QED) is 0.849. The fraction of sp³-hybridized carbons (Fsp3) is 0.350. The van der Waals surface area contributed by atoms with Crippen LogP contribution in [0.4, 0.5) is 21.5 Å². The van der Waals surface area contributed by atoms with Crippen LogP contribution in [0, 0.1) is 26.6 Å². The van der Waals surface area contributed by atoms with Crippen molar-refractivity contribution in [2.75, 3.05) is 23.0 Å². The van der Waals surface area contributed by atoms with E-state index in [1.807, 2.05) is 25.7 Å². The van der Waals surface area contributed by atoms with Gasteiger partial charge in [-0.15, -0.1) is 0 Å². The maximum atomic E-state index is 13.9. The van der Waals surface area contributed by atoms with Crippen molar-refractivity contribution in [2.24, 2.45) is 5.73 Å². The summed E-state index contributed by atoms with van der Waals surface area (Å²) in [5, 5.41) is 0. The van der Waals surface area contributed by atoms with Gasteiger partial charge in [-0.2, -0.15) is 0 Å². The molecule has 0 saturated carbocycles. The van der Waals surface area contributed by atoms with E-state index < -0.39 is 12.3 Å². The number of ether oxygens (including phenoxy) is 1. The SMILES string of the molecule is CCOC(=O)CN1c2cc(F)ccc2N(c2c(C)cc(C)cc2C)C1N. The summed E-state index contributed by atoms with van der Waals surface area (Å²) in [5.41, 5.74) is 12.2. The number of fused-ring (bicyclic) bond motifs is 1. The lowest BCUT2D eigenvalue weighted by molar-refractivity contribution is -0.141. The molecule has 2 aromatic carbocycles. The molecule has 1 atom stereocenters. The number of rotatable bonds is 4. The summed E-state index contributed by atoms with van der Waals surface area (Å²) in [6, 6.07) is 8.70. The summed E-state index contributed by atoms with van der Waals surface area (Å²) in [6.45, 7) is 8.10. The molecule has 0 aromatic heterocycles. The van der Waals surface area contributed by atoms with Gasteiger partial charge in [-0.3, -0.25) is 10.5 Å². The van der Waals surface area contributed by atoms with Gasteiger partial charge < -0.3 is 14.5 Å². The maximum Gasteiger partial charge on any atom is 0.325 e. The van der Waals surface area contributed by atoms with Gasteiger partial charge in [0.1, 0.15) is 12.4 Å². The highest BCUT2D eigenvalue weighted by atomic mass is 19.1. The summed E-state index contributed by atoms with van der Waals surface area (Å²) in [5.74, 6) is -0.763. The molecular weight excluding hydrogens is 333 g/mol. The molecule has 0 aliphatic carbocycles. The molecule has 0 radical (unpaired) electrons. The van der Waals surface area contributed by atoms with Crippen molar-refractivity contribution in [3.63, 3.8) is 0 Å². The topological polar surface area (TPSA) is 58.8 Å². The molecule has 2 aromatic rings. The molecule has 1 unspecified atom stereocenters. The third-order valence-electron chi connectivity index (χ3n) is 4.57. The number of halogens is 1. The van der Waals surface area contributed by atoms with Gasteiger partial charge in [-0.25, -0.2) is 4.39 Å². The van der Waals surface area contributed by atoms with Crippen LogP contribution in [0.5, 0.6) is 0 Å². The molecule has 0 saturated heterocycles. The normalized spacial score (nSPS) is 16.0. The van der Waals surface area contributed by atoms with Crippen LogP contribution in [0.1, 0.15) is 23.6 Å². The van der Waals surface area contributed by atoms with E-state index in [-0.39, 0.29) is 19.0 Å². The average Bonchev–Trinajstić information content (AvgIpc) is 2.80. The van der Waals surface area contributed by atoms with Crippen LogP contribution in [0.2, 0.25) is 0 Å². The number of benzene rings is 2. The number of anilines is 3. The van der Waals surface area contributed by atoms with E-state index in [4.69, 9.17) is 10.5 Å². The lowest BCUT2D eigenvalue weighted by Crippen LogP contribution is -2.50. The monoisotopic (exact) mass is 357 g/mol. The number of carbonyl (C=O) groups is 1. The first-order valence-electron chi connectivity index (χ1n) is 8.68. The summed E-state index contributed by atoms with van der Waals surface area (Å²) >= 11 is 0. The Labute approximate surface area is 153 Å². The largest absolute Gasteiger partial charge is 0.465 e. The third kappa shape index (κ3) is 3.12. The van der Waals surface area contributed by atoms with E-state index in [1.54, 1.807) is 17.9 Å². The van der Waals surface area contributed by atoms with Crippen LogP contribution < -0.4 is 15.5 Å². The zero-order valence-corrected chi connectivity index (χ0v) is 15.5. The number of hydrogen-bond acceptors (Lipinski definition) is 5. The summed E-state index contributed by atoms with van der Waals surface area (Å²) in [7, 11) is 0. The highest BCUT2D eigenvalue weighted by Gasteiger charge is 2.37. The summed E-state index contributed by atoms with van der Waals surface area (Å²) in [4.78, 5) is 15.7. The zero-order chi connectivity index (χ0) is 19.0. The fourth-order valence-corrected chi connectivity index (χ4v) is 3.68. The molecule has 0 spiro atoms. The summed E-state index contributed by atoms with van der Waals surface area (Å²) in [6.07, 6.45) is -0.628. The number of esters is 1. The Balaban J connectivity index is 2.10. The van der Waals surface area contributed by atoms with Crippen molar-refractivity contribution in [3.8, 4) is 0 Å². The van der Waals surface area contributed by atoms with Crippen molar-refractivity contribution in [3.05, 3.63) is 52.8 Å². The highest BCUT2D eigenvalue weighted by molar-refractivity contribution is 5.88. The molecule has 5 nitrogen and oxygen atoms in total. The number of aryl methyl sites for hydroxylation is 3. The molecule has 26 heavy (non-hydrogen) atoms. The van der Waals surface area contributed by atoms with Crippen molar-refractivity contribution >= 4 is 23.0 Å². The molecule has 0 bridgehead atoms. The second-order valence-electron chi connectivity index (χ2n) is 6.60. The lowest BCUT2D eigenvalue weighted by Gasteiger charge is -2.31. The van der Waals surface area contributed by atoms with E-state index in [2.05, 4.69) is 12.1 Å². The second kappa shape index (κ2) is 6.96. The first kappa shape index (κ1) is 18.2. The fourth-order valence-electron chi connectivity index (χ4n) is 3.68. The van der Waals surface area contributed by atoms with Crippen LogP contribution in [0.15, 0.2) is 30.3 Å². The minimum Gasteiger partial charge on any atom is -0.465 e. The van der Waals surface area contributed by atoms with Gasteiger partial charge in [-0.1, -0.05) is 17.7 Å². The first-order valence-corrected chi connectivity index (χ1v) is 8.68. The molecule has 6 heteroatoms. The number of carbonyl (C=O) groups excluding carboxylic acids is 1. The highest BCUT2D eigenvalue weighted by Crippen LogP contribution is 2.45. The maximum absolute atomic E-state index is 13.9. The van der Waals surface area contributed by atoms with E-state index >= 15 is 0 Å². The van der Waals surface area contributed by atoms with Crippen molar-refractivity contribution in [1.29, 1.82) is 0 Å². The molecule has 138 valence electrons. The van der Waals surface area contributed by atoms with Crippen LogP contribution in [0.3, 0.4) is 0 Å². The van der Waals surface area contributed by atoms with Crippen molar-refractivity contribution in [2.45, 2.75) is 34.0 Å². The predicted molar refractivity (Wildman–Crippen MR) is 101 cm³/mol. The summed E-state index contributed by atoms with van der Waals surface area (Å²) < 4.78 is 18.9. The van der Waals surface area contributed by atoms with Gasteiger partial charge in [-0.05, 0) is 57.0 Å². The molecule has 3 rings (SSSR count). The Morgan fingerprint density at radius 2 is 1.81 bits per heavy atom. The van der Waals surface area contributed by atoms with Gasteiger partial charge in [0, 0.05) is 0 Å². The minimum absolute atomic E-state index is 0.0358. The standard InChI is InChI=1S/C20H24FN3O2/c1-5-26-18(25)11-23-17-10-15(21)6-7-16(17)24(20(23)22)19-13(3)8-12(2)9-14(19)4/h6-10,20H,5,11,22H2,1-4H3. The number of hydrogen-bond donors (Lipinski definition) is 1. The first-order chi connectivity index (χ1) is 12.3. The zero-order valence-electron chi connectivity index (χ0n) is 15.5. The average molecular weight is 357 g/mol. The molecular formula is C20H24FN3O2. The predicted octanol–water partition coefficient (Wildman–Crippen LogP) is 3.51. The van der Waals surface area contributed by atoms with Crippen LogP contribution in [-0.4, -0.2) is 25.4 Å². The second-order valence-corrected chi connectivity index (χ2v) is 6.60. The number of nitrogens with two attached hydrogens (primary N) is 1. The van der Waals surface area contributed by atoms with E-state index in [0.29, 0.717) is 5.69 Å². The van der Waals surface area contributed by atoms with E-state index in [9.17, 15) is 9.18 Å². The third-order valence-corrected chi connectivity index (χ3v) is 4.57. The Hall–Kier alpha value is -2.60. The Bertz CT molecular complexity index is 830. The minimum atomic E-state index is -0.628. The molecule has 0 amide bonds. The Morgan fingerprint density at radius 3 is 2.42 bits per heavy atom. The van der Waals surface area contributed by atoms with Crippen molar-refractivity contribution < 1.29 is 13.9 Å². The lowest BCUT2D eigenvalue weighted by atomic mass is 10.0. The van der Waals surface area contributed by atoms with Gasteiger partial charge in [0.05, 0.1) is 23.7 Å². The van der Waals surface area contributed by atoms with Gasteiger partial charge in [0.2, 0.25) is 0 Å². The molecule has 0 fully saturated rings. The van der Waals surface area contributed by atoms with Gasteiger partial charge >= 0.3 is 5.97 Å².